The van der Waals surface area contributed by atoms with E-state index in [9.17, 15) is 14.9 Å². The van der Waals surface area contributed by atoms with Gasteiger partial charge in [-0.3, -0.25) is 14.9 Å². The van der Waals surface area contributed by atoms with Gasteiger partial charge in [-0.2, -0.15) is 0 Å². The van der Waals surface area contributed by atoms with Gasteiger partial charge in [-0.05, 0) is 23.8 Å². The number of benzene rings is 2. The number of aldehydes is 1. The molecule has 2 rings (SSSR count). The number of thioether (sulfide) groups is 1. The first-order chi connectivity index (χ1) is 9.19. The SMILES string of the molecule is O=Cc1cccc(CSc2ccc([N+](=O)[O-])cc2)c1. The minimum atomic E-state index is -0.415. The highest BCUT2D eigenvalue weighted by Gasteiger charge is 2.04. The molecule has 19 heavy (non-hydrogen) atoms. The average Bonchev–Trinajstić information content (AvgIpc) is 2.46. The molecule has 0 radical (unpaired) electrons. The van der Waals surface area contributed by atoms with Gasteiger partial charge >= 0.3 is 0 Å². The summed E-state index contributed by atoms with van der Waals surface area (Å²) in [6.45, 7) is 0. The molecule has 4 nitrogen and oxygen atoms in total. The predicted molar refractivity (Wildman–Crippen MR) is 74.5 cm³/mol. The van der Waals surface area contributed by atoms with Crippen molar-refractivity contribution >= 4 is 23.7 Å². The van der Waals surface area contributed by atoms with Crippen LogP contribution in [0.25, 0.3) is 0 Å². The van der Waals surface area contributed by atoms with Gasteiger partial charge in [-0.25, -0.2) is 0 Å². The number of nitro benzene ring substituents is 1. The lowest BCUT2D eigenvalue weighted by atomic mass is 10.2. The van der Waals surface area contributed by atoms with Crippen LogP contribution in [0.15, 0.2) is 53.4 Å². The fraction of sp³-hybridized carbons (Fsp3) is 0.0714. The quantitative estimate of drug-likeness (QED) is 0.361. The molecule has 0 saturated carbocycles. The molecule has 5 heteroatoms. The summed E-state index contributed by atoms with van der Waals surface area (Å²) in [5.41, 5.74) is 1.79. The highest BCUT2D eigenvalue weighted by molar-refractivity contribution is 7.98. The number of non-ortho nitro benzene ring substituents is 1. The first-order valence-electron chi connectivity index (χ1n) is 5.60. The number of nitrogens with zero attached hydrogens (tertiary/aromatic N) is 1. The van der Waals surface area contributed by atoms with E-state index < -0.39 is 4.92 Å². The molecule has 0 fully saturated rings. The number of nitro groups is 1. The molecule has 0 saturated heterocycles. The van der Waals surface area contributed by atoms with Crippen LogP contribution < -0.4 is 0 Å². The summed E-state index contributed by atoms with van der Waals surface area (Å²) >= 11 is 1.57. The van der Waals surface area contributed by atoms with Crippen molar-refractivity contribution in [2.45, 2.75) is 10.6 Å². The second kappa shape index (κ2) is 6.15. The monoisotopic (exact) mass is 273 g/mol. The summed E-state index contributed by atoms with van der Waals surface area (Å²) in [5, 5.41) is 10.5. The van der Waals surface area contributed by atoms with Crippen LogP contribution in [0.5, 0.6) is 0 Å². The number of hydrogen-bond acceptors (Lipinski definition) is 4. The molecule has 96 valence electrons. The summed E-state index contributed by atoms with van der Waals surface area (Å²) in [5.74, 6) is 0.722. The Hall–Kier alpha value is -2.14. The minimum Gasteiger partial charge on any atom is -0.298 e. The van der Waals surface area contributed by atoms with E-state index in [1.165, 1.54) is 12.1 Å². The van der Waals surface area contributed by atoms with Gasteiger partial charge in [-0.15, -0.1) is 11.8 Å². The van der Waals surface area contributed by atoms with Crippen molar-refractivity contribution in [3.8, 4) is 0 Å². The zero-order valence-corrected chi connectivity index (χ0v) is 10.8. The van der Waals surface area contributed by atoms with Crippen LogP contribution >= 0.6 is 11.8 Å². The van der Waals surface area contributed by atoms with Crippen LogP contribution in [0.4, 0.5) is 5.69 Å². The van der Waals surface area contributed by atoms with Crippen LogP contribution in [-0.4, -0.2) is 11.2 Å². The Bertz CT molecular complexity index is 596. The van der Waals surface area contributed by atoms with E-state index in [1.807, 2.05) is 18.2 Å². The van der Waals surface area contributed by atoms with E-state index in [-0.39, 0.29) is 5.69 Å². The molecular formula is C14H11NO3S. The molecule has 2 aromatic carbocycles. The Labute approximate surface area is 114 Å². The fourth-order valence-corrected chi connectivity index (χ4v) is 2.43. The molecule has 0 atom stereocenters. The smallest absolute Gasteiger partial charge is 0.269 e. The van der Waals surface area contributed by atoms with E-state index in [1.54, 1.807) is 30.0 Å². The van der Waals surface area contributed by atoms with Crippen molar-refractivity contribution in [3.05, 3.63) is 69.8 Å². The number of hydrogen-bond donors (Lipinski definition) is 0. The zero-order valence-electron chi connectivity index (χ0n) is 9.98. The van der Waals surface area contributed by atoms with Gasteiger partial charge in [0.1, 0.15) is 6.29 Å². The Morgan fingerprint density at radius 3 is 2.53 bits per heavy atom. The maximum atomic E-state index is 10.7. The van der Waals surface area contributed by atoms with Crippen molar-refractivity contribution in [2.75, 3.05) is 0 Å². The molecule has 0 spiro atoms. The minimum absolute atomic E-state index is 0.0901. The van der Waals surface area contributed by atoms with E-state index in [0.29, 0.717) is 5.56 Å². The highest BCUT2D eigenvalue weighted by atomic mass is 32.2. The molecule has 0 N–H and O–H groups in total. The summed E-state index contributed by atoms with van der Waals surface area (Å²) in [6, 6.07) is 13.8. The maximum absolute atomic E-state index is 10.7. The van der Waals surface area contributed by atoms with Crippen molar-refractivity contribution in [2.24, 2.45) is 0 Å². The van der Waals surface area contributed by atoms with E-state index >= 15 is 0 Å². The van der Waals surface area contributed by atoms with Crippen molar-refractivity contribution in [3.63, 3.8) is 0 Å². The van der Waals surface area contributed by atoms with E-state index in [4.69, 9.17) is 0 Å². The lowest BCUT2D eigenvalue weighted by Crippen LogP contribution is -1.87. The van der Waals surface area contributed by atoms with Gasteiger partial charge in [0.05, 0.1) is 4.92 Å². The average molecular weight is 273 g/mol. The topological polar surface area (TPSA) is 60.2 Å². The number of carbonyl (C=O) groups excluding carboxylic acids is 1. The first kappa shape index (κ1) is 13.3. The van der Waals surface area contributed by atoms with Crippen LogP contribution in [0.2, 0.25) is 0 Å². The summed E-state index contributed by atoms with van der Waals surface area (Å²) in [7, 11) is 0. The summed E-state index contributed by atoms with van der Waals surface area (Å²) < 4.78 is 0. The molecule has 2 aromatic rings. The summed E-state index contributed by atoms with van der Waals surface area (Å²) in [4.78, 5) is 21.7. The van der Waals surface area contributed by atoms with Crippen LogP contribution in [0.3, 0.4) is 0 Å². The van der Waals surface area contributed by atoms with Gasteiger partial charge in [-0.1, -0.05) is 18.2 Å². The maximum Gasteiger partial charge on any atom is 0.269 e. The molecule has 0 amide bonds. The first-order valence-corrected chi connectivity index (χ1v) is 6.59. The van der Waals surface area contributed by atoms with Gasteiger partial charge in [0.25, 0.3) is 5.69 Å². The van der Waals surface area contributed by atoms with Crippen LogP contribution in [0, 0.1) is 10.1 Å². The third kappa shape index (κ3) is 3.66. The van der Waals surface area contributed by atoms with E-state index in [2.05, 4.69) is 0 Å². The van der Waals surface area contributed by atoms with Gasteiger partial charge < -0.3 is 0 Å². The molecule has 0 heterocycles. The lowest BCUT2D eigenvalue weighted by molar-refractivity contribution is -0.384. The third-order valence-corrected chi connectivity index (χ3v) is 3.62. The van der Waals surface area contributed by atoms with Gasteiger partial charge in [0.2, 0.25) is 0 Å². The van der Waals surface area contributed by atoms with Crippen molar-refractivity contribution in [1.82, 2.24) is 0 Å². The van der Waals surface area contributed by atoms with Gasteiger partial charge in [0.15, 0.2) is 0 Å². The molecule has 0 aliphatic rings. The zero-order chi connectivity index (χ0) is 13.7. The van der Waals surface area contributed by atoms with Crippen molar-refractivity contribution < 1.29 is 9.72 Å². The normalized spacial score (nSPS) is 10.1. The molecule has 0 aliphatic carbocycles. The number of rotatable bonds is 5. The van der Waals surface area contributed by atoms with Crippen LogP contribution in [-0.2, 0) is 5.75 Å². The third-order valence-electron chi connectivity index (χ3n) is 2.54. The van der Waals surface area contributed by atoms with Crippen molar-refractivity contribution in [1.29, 1.82) is 0 Å². The Kier molecular flexibility index (Phi) is 4.30. The molecule has 0 bridgehead atoms. The second-order valence-electron chi connectivity index (χ2n) is 3.90. The van der Waals surface area contributed by atoms with E-state index in [0.717, 1.165) is 22.5 Å². The van der Waals surface area contributed by atoms with Gasteiger partial charge in [0, 0.05) is 28.3 Å². The molecule has 0 aliphatic heterocycles. The predicted octanol–water partition coefficient (Wildman–Crippen LogP) is 3.70. The molecule has 0 unspecified atom stereocenters. The highest BCUT2D eigenvalue weighted by Crippen LogP contribution is 2.25. The largest absolute Gasteiger partial charge is 0.298 e. The Morgan fingerprint density at radius 1 is 1.16 bits per heavy atom. The Morgan fingerprint density at radius 2 is 1.89 bits per heavy atom. The number of carbonyl (C=O) groups is 1. The fourth-order valence-electron chi connectivity index (χ4n) is 1.59. The van der Waals surface area contributed by atoms with Crippen LogP contribution in [0.1, 0.15) is 15.9 Å². The standard InChI is InChI=1S/C14H11NO3S/c16-9-11-2-1-3-12(8-11)10-19-14-6-4-13(5-7-14)15(17)18/h1-9H,10H2. The lowest BCUT2D eigenvalue weighted by Gasteiger charge is -2.02. The molecule has 0 aromatic heterocycles. The Balaban J connectivity index is 2.01. The molecular weight excluding hydrogens is 262 g/mol. The second-order valence-corrected chi connectivity index (χ2v) is 4.95. The summed E-state index contributed by atoms with van der Waals surface area (Å²) in [6.07, 6.45) is 0.819.